The van der Waals surface area contributed by atoms with Gasteiger partial charge in [0, 0.05) is 33.7 Å². The minimum absolute atomic E-state index is 0.604. The van der Waals surface area contributed by atoms with Gasteiger partial charge in [-0.15, -0.1) is 0 Å². The molecule has 0 aliphatic rings. The molecule has 0 atom stereocenters. The normalized spacial score (nSPS) is 11.0. The van der Waals surface area contributed by atoms with Crippen molar-refractivity contribution in [1.82, 2.24) is 15.0 Å². The van der Waals surface area contributed by atoms with E-state index in [1.807, 2.05) is 61.7 Å². The lowest BCUT2D eigenvalue weighted by Crippen LogP contribution is -2.00. The molecular formula is C21H15Cl2N3. The summed E-state index contributed by atoms with van der Waals surface area (Å²) in [5, 5.41) is 2.35. The zero-order valence-electron chi connectivity index (χ0n) is 14.1. The van der Waals surface area contributed by atoms with Gasteiger partial charge in [0.2, 0.25) is 0 Å². The fourth-order valence-electron chi connectivity index (χ4n) is 2.83. The highest BCUT2D eigenvalue weighted by molar-refractivity contribution is 6.33. The Hall–Kier alpha value is -2.49. The molecule has 5 heteroatoms. The first-order valence-corrected chi connectivity index (χ1v) is 8.98. The number of fused-ring (bicyclic) bond motifs is 1. The van der Waals surface area contributed by atoms with E-state index in [9.17, 15) is 0 Å². The second-order valence-electron chi connectivity index (χ2n) is 6.13. The molecule has 0 saturated carbocycles. The highest BCUT2D eigenvalue weighted by atomic mass is 35.5. The molecular weight excluding hydrogens is 365 g/mol. The van der Waals surface area contributed by atoms with E-state index < -0.39 is 0 Å². The summed E-state index contributed by atoms with van der Waals surface area (Å²) in [6, 6.07) is 17.4. The number of aromatic nitrogens is 3. The van der Waals surface area contributed by atoms with E-state index in [0.29, 0.717) is 22.3 Å². The van der Waals surface area contributed by atoms with Crippen LogP contribution < -0.4 is 0 Å². The minimum atomic E-state index is 0.604. The van der Waals surface area contributed by atoms with Gasteiger partial charge in [-0.3, -0.25) is 0 Å². The molecule has 0 aliphatic heterocycles. The number of rotatable bonds is 3. The molecule has 0 saturated heterocycles. The zero-order chi connectivity index (χ0) is 18.1. The number of hydrogen-bond acceptors (Lipinski definition) is 3. The van der Waals surface area contributed by atoms with Crippen molar-refractivity contribution in [2.75, 3.05) is 0 Å². The van der Waals surface area contributed by atoms with E-state index in [-0.39, 0.29) is 0 Å². The third-order valence-corrected chi connectivity index (χ3v) is 4.89. The second kappa shape index (κ2) is 7.02. The van der Waals surface area contributed by atoms with Crippen LogP contribution in [0, 0.1) is 6.92 Å². The van der Waals surface area contributed by atoms with E-state index in [1.54, 1.807) is 6.07 Å². The lowest BCUT2D eigenvalue weighted by atomic mass is 10.1. The minimum Gasteiger partial charge on any atom is -0.249 e. The predicted molar refractivity (Wildman–Crippen MR) is 107 cm³/mol. The molecule has 4 aromatic rings. The van der Waals surface area contributed by atoms with Gasteiger partial charge in [0.25, 0.3) is 0 Å². The molecule has 3 nitrogen and oxygen atoms in total. The van der Waals surface area contributed by atoms with Crippen LogP contribution in [0.2, 0.25) is 10.0 Å². The molecule has 4 rings (SSSR count). The summed E-state index contributed by atoms with van der Waals surface area (Å²) in [6.07, 6.45) is 2.43. The van der Waals surface area contributed by atoms with Crippen LogP contribution in [0.5, 0.6) is 0 Å². The zero-order valence-corrected chi connectivity index (χ0v) is 15.6. The fourth-order valence-corrected chi connectivity index (χ4v) is 3.21. The third-order valence-electron chi connectivity index (χ3n) is 4.29. The average Bonchev–Trinajstić information content (AvgIpc) is 2.66. The van der Waals surface area contributed by atoms with Gasteiger partial charge in [-0.25, -0.2) is 15.0 Å². The van der Waals surface area contributed by atoms with Gasteiger partial charge in [-0.2, -0.15) is 0 Å². The Balaban J connectivity index is 1.74. The Morgan fingerprint density at radius 1 is 0.923 bits per heavy atom. The van der Waals surface area contributed by atoms with Crippen LogP contribution in [0.4, 0.5) is 0 Å². The summed E-state index contributed by atoms with van der Waals surface area (Å²) in [5.74, 6) is 0.613. The molecule has 0 fully saturated rings. The molecule has 2 heterocycles. The quantitative estimate of drug-likeness (QED) is 0.444. The monoisotopic (exact) mass is 379 g/mol. The number of hydrogen-bond donors (Lipinski definition) is 0. The number of benzene rings is 2. The van der Waals surface area contributed by atoms with Crippen LogP contribution >= 0.6 is 23.2 Å². The fraction of sp³-hybridized carbons (Fsp3) is 0.0952. The third kappa shape index (κ3) is 3.41. The van der Waals surface area contributed by atoms with Crippen molar-refractivity contribution in [2.24, 2.45) is 0 Å². The first-order valence-electron chi connectivity index (χ1n) is 8.23. The lowest BCUT2D eigenvalue weighted by molar-refractivity contribution is 1.03. The second-order valence-corrected chi connectivity index (χ2v) is 6.97. The summed E-state index contributed by atoms with van der Waals surface area (Å²) in [6.45, 7) is 2.03. The van der Waals surface area contributed by atoms with Gasteiger partial charge in [0.05, 0.1) is 5.52 Å². The van der Waals surface area contributed by atoms with E-state index in [0.717, 1.165) is 33.4 Å². The predicted octanol–water partition coefficient (Wildman–Crippen LogP) is 5.90. The van der Waals surface area contributed by atoms with Gasteiger partial charge in [0.1, 0.15) is 5.69 Å². The van der Waals surface area contributed by atoms with Crippen molar-refractivity contribution in [2.45, 2.75) is 13.3 Å². The van der Waals surface area contributed by atoms with Gasteiger partial charge in [0.15, 0.2) is 5.82 Å². The Bertz CT molecular complexity index is 1110. The van der Waals surface area contributed by atoms with Gasteiger partial charge < -0.3 is 0 Å². The standard InChI is InChI=1S/C21H15Cl2N3/c1-13-6-9-19(21-24-12-14-4-2-3-5-18(14)26-21)25-20(13)11-15-10-16(22)7-8-17(15)23/h2-10,12H,11H2,1H3. The number of pyridine rings is 1. The average molecular weight is 380 g/mol. The van der Waals surface area contributed by atoms with Crippen LogP contribution in [-0.2, 0) is 6.42 Å². The molecule has 26 heavy (non-hydrogen) atoms. The molecule has 128 valence electrons. The molecule has 0 spiro atoms. The van der Waals surface area contributed by atoms with Crippen LogP contribution in [0.25, 0.3) is 22.4 Å². The topological polar surface area (TPSA) is 38.7 Å². The summed E-state index contributed by atoms with van der Waals surface area (Å²) in [4.78, 5) is 13.9. The molecule has 0 N–H and O–H groups in total. The SMILES string of the molecule is Cc1ccc(-c2ncc3ccccc3n2)nc1Cc1cc(Cl)ccc1Cl. The summed E-state index contributed by atoms with van der Waals surface area (Å²) in [7, 11) is 0. The number of nitrogens with zero attached hydrogens (tertiary/aromatic N) is 3. The van der Waals surface area contributed by atoms with Gasteiger partial charge in [-0.1, -0.05) is 47.5 Å². The van der Waals surface area contributed by atoms with Crippen molar-refractivity contribution >= 4 is 34.1 Å². The van der Waals surface area contributed by atoms with Gasteiger partial charge >= 0.3 is 0 Å². The molecule has 0 radical (unpaired) electrons. The molecule has 0 amide bonds. The van der Waals surface area contributed by atoms with E-state index in [2.05, 4.69) is 9.97 Å². The number of para-hydroxylation sites is 1. The largest absolute Gasteiger partial charge is 0.249 e. The summed E-state index contributed by atoms with van der Waals surface area (Å²) >= 11 is 12.4. The Morgan fingerprint density at radius 3 is 2.65 bits per heavy atom. The first-order chi connectivity index (χ1) is 12.6. The van der Waals surface area contributed by atoms with Crippen LogP contribution in [0.3, 0.4) is 0 Å². The van der Waals surface area contributed by atoms with E-state index >= 15 is 0 Å². The van der Waals surface area contributed by atoms with E-state index in [4.69, 9.17) is 28.2 Å². The van der Waals surface area contributed by atoms with Crippen molar-refractivity contribution in [1.29, 1.82) is 0 Å². The molecule has 2 aromatic heterocycles. The maximum atomic E-state index is 6.31. The molecule has 0 unspecified atom stereocenters. The van der Waals surface area contributed by atoms with Crippen LogP contribution in [-0.4, -0.2) is 15.0 Å². The van der Waals surface area contributed by atoms with E-state index in [1.165, 1.54) is 0 Å². The number of halogens is 2. The molecule has 0 aliphatic carbocycles. The maximum Gasteiger partial charge on any atom is 0.178 e. The van der Waals surface area contributed by atoms with Crippen molar-refractivity contribution in [3.8, 4) is 11.5 Å². The van der Waals surface area contributed by atoms with Crippen molar-refractivity contribution in [3.05, 3.63) is 87.7 Å². The number of aryl methyl sites for hydroxylation is 1. The van der Waals surface area contributed by atoms with Crippen LogP contribution in [0.15, 0.2) is 60.8 Å². The summed E-state index contributed by atoms with van der Waals surface area (Å²) < 4.78 is 0. The highest BCUT2D eigenvalue weighted by Crippen LogP contribution is 2.25. The van der Waals surface area contributed by atoms with Crippen LogP contribution in [0.1, 0.15) is 16.8 Å². The Morgan fingerprint density at radius 2 is 1.77 bits per heavy atom. The van der Waals surface area contributed by atoms with Crippen molar-refractivity contribution in [3.63, 3.8) is 0 Å². The lowest BCUT2D eigenvalue weighted by Gasteiger charge is -2.10. The van der Waals surface area contributed by atoms with Gasteiger partial charge in [-0.05, 0) is 48.4 Å². The summed E-state index contributed by atoms with van der Waals surface area (Å²) in [5.41, 5.74) is 4.62. The molecule has 2 aromatic carbocycles. The Kier molecular flexibility index (Phi) is 4.58. The molecule has 0 bridgehead atoms. The smallest absolute Gasteiger partial charge is 0.178 e. The maximum absolute atomic E-state index is 6.31. The van der Waals surface area contributed by atoms with Crippen molar-refractivity contribution < 1.29 is 0 Å². The first kappa shape index (κ1) is 17.0. The Labute approximate surface area is 161 Å². The highest BCUT2D eigenvalue weighted by Gasteiger charge is 2.10.